The van der Waals surface area contributed by atoms with Crippen LogP contribution in [0.3, 0.4) is 0 Å². The molecule has 3 aromatic carbocycles. The number of rotatable bonds is 2. The lowest BCUT2D eigenvalue weighted by Gasteiger charge is -2.04. The molecule has 0 atom stereocenters. The zero-order valence-corrected chi connectivity index (χ0v) is 12.6. The molecule has 0 bridgehead atoms. The van der Waals surface area contributed by atoms with E-state index in [4.69, 9.17) is 4.74 Å². The van der Waals surface area contributed by atoms with Gasteiger partial charge in [-0.1, -0.05) is 48.5 Å². The molecule has 0 saturated carbocycles. The molecule has 0 spiro atoms. The molecule has 3 nitrogen and oxygen atoms in total. The number of fused-ring (bicyclic) bond motifs is 1. The number of hydrogen-bond donors (Lipinski definition) is 0. The molecule has 1 aliphatic rings. The zero-order chi connectivity index (χ0) is 16.5. The third kappa shape index (κ3) is 2.58. The van der Waals surface area contributed by atoms with Gasteiger partial charge in [-0.05, 0) is 40.6 Å². The van der Waals surface area contributed by atoms with Crippen molar-refractivity contribution >= 4 is 28.7 Å². The van der Waals surface area contributed by atoms with Crippen molar-refractivity contribution < 1.29 is 13.9 Å². The van der Waals surface area contributed by atoms with Gasteiger partial charge in [0.15, 0.2) is 5.70 Å². The molecule has 0 aliphatic carbocycles. The Balaban J connectivity index is 1.78. The molecule has 0 unspecified atom stereocenters. The van der Waals surface area contributed by atoms with Crippen LogP contribution in [0.4, 0.5) is 4.39 Å². The predicted octanol–water partition coefficient (Wildman–Crippen LogP) is 4.32. The number of nitrogens with zero attached hydrogens (tertiary/aromatic N) is 1. The number of halogens is 1. The standard InChI is InChI=1S/C20H12FNO2/c21-15-8-3-5-13(11-15)12-18-20(23)24-19(22-18)17-10-4-7-14-6-1-2-9-16(14)17/h1-12H/b18-12+. The maximum atomic E-state index is 13.3. The minimum absolute atomic E-state index is 0.156. The van der Waals surface area contributed by atoms with Gasteiger partial charge in [0, 0.05) is 5.56 Å². The third-order valence-electron chi connectivity index (χ3n) is 3.79. The highest BCUT2D eigenvalue weighted by Gasteiger charge is 2.25. The van der Waals surface area contributed by atoms with Crippen molar-refractivity contribution in [2.24, 2.45) is 4.99 Å². The van der Waals surface area contributed by atoms with E-state index in [2.05, 4.69) is 4.99 Å². The van der Waals surface area contributed by atoms with Gasteiger partial charge in [-0.2, -0.15) is 0 Å². The third-order valence-corrected chi connectivity index (χ3v) is 3.79. The normalized spacial score (nSPS) is 15.6. The molecule has 3 aromatic rings. The first-order valence-electron chi connectivity index (χ1n) is 7.47. The molecule has 1 heterocycles. The Labute approximate surface area is 137 Å². The van der Waals surface area contributed by atoms with Gasteiger partial charge in [-0.3, -0.25) is 0 Å². The number of hydrogen-bond acceptors (Lipinski definition) is 3. The highest BCUT2D eigenvalue weighted by atomic mass is 19.1. The molecule has 0 aromatic heterocycles. The number of carbonyl (C=O) groups is 1. The Hall–Kier alpha value is -3.27. The Bertz CT molecular complexity index is 1020. The number of aliphatic imine (C=N–C) groups is 1. The number of carbonyl (C=O) groups excluding carboxylic acids is 1. The molecule has 0 amide bonds. The van der Waals surface area contributed by atoms with Crippen LogP contribution in [0.5, 0.6) is 0 Å². The van der Waals surface area contributed by atoms with Crippen LogP contribution < -0.4 is 0 Å². The molecule has 4 rings (SSSR count). The first-order chi connectivity index (χ1) is 11.7. The first-order valence-corrected chi connectivity index (χ1v) is 7.47. The van der Waals surface area contributed by atoms with Gasteiger partial charge in [-0.25, -0.2) is 14.2 Å². The van der Waals surface area contributed by atoms with Crippen LogP contribution in [0.2, 0.25) is 0 Å². The van der Waals surface area contributed by atoms with Crippen molar-refractivity contribution in [1.29, 1.82) is 0 Å². The molecular weight excluding hydrogens is 305 g/mol. The largest absolute Gasteiger partial charge is 0.402 e. The summed E-state index contributed by atoms with van der Waals surface area (Å²) in [5.74, 6) is -0.643. The molecular formula is C20H12FNO2. The van der Waals surface area contributed by atoms with Crippen molar-refractivity contribution in [2.75, 3.05) is 0 Å². The van der Waals surface area contributed by atoms with Crippen LogP contribution in [0.1, 0.15) is 11.1 Å². The van der Waals surface area contributed by atoms with Crippen LogP contribution in [0.25, 0.3) is 16.8 Å². The van der Waals surface area contributed by atoms with Gasteiger partial charge in [-0.15, -0.1) is 0 Å². The highest BCUT2D eigenvalue weighted by molar-refractivity contribution is 6.17. The van der Waals surface area contributed by atoms with Gasteiger partial charge in [0.2, 0.25) is 5.90 Å². The Morgan fingerprint density at radius 3 is 2.62 bits per heavy atom. The molecule has 1 aliphatic heterocycles. The maximum Gasteiger partial charge on any atom is 0.363 e. The van der Waals surface area contributed by atoms with E-state index in [0.717, 1.165) is 16.3 Å². The minimum Gasteiger partial charge on any atom is -0.402 e. The quantitative estimate of drug-likeness (QED) is 0.521. The van der Waals surface area contributed by atoms with Crippen LogP contribution in [-0.2, 0) is 9.53 Å². The molecule has 0 N–H and O–H groups in total. The second-order valence-corrected chi connectivity index (χ2v) is 5.42. The Kier molecular flexibility index (Phi) is 3.43. The number of cyclic esters (lactones) is 1. The van der Waals surface area contributed by atoms with Crippen LogP contribution >= 0.6 is 0 Å². The summed E-state index contributed by atoms with van der Waals surface area (Å²) in [5, 5.41) is 2.00. The number of esters is 1. The summed E-state index contributed by atoms with van der Waals surface area (Å²) in [5.41, 5.74) is 1.47. The van der Waals surface area contributed by atoms with E-state index in [-0.39, 0.29) is 17.4 Å². The number of ether oxygens (including phenoxy) is 1. The van der Waals surface area contributed by atoms with Gasteiger partial charge in [0.1, 0.15) is 5.82 Å². The Morgan fingerprint density at radius 1 is 0.958 bits per heavy atom. The molecule has 4 heteroatoms. The maximum absolute atomic E-state index is 13.3. The van der Waals surface area contributed by atoms with Crippen LogP contribution in [0, 0.1) is 5.82 Å². The fourth-order valence-corrected chi connectivity index (χ4v) is 2.69. The fourth-order valence-electron chi connectivity index (χ4n) is 2.69. The monoisotopic (exact) mass is 317 g/mol. The van der Waals surface area contributed by atoms with E-state index in [9.17, 15) is 9.18 Å². The average Bonchev–Trinajstić information content (AvgIpc) is 2.95. The first kappa shape index (κ1) is 14.3. The molecule has 0 saturated heterocycles. The van der Waals surface area contributed by atoms with Crippen molar-refractivity contribution in [3.63, 3.8) is 0 Å². The van der Waals surface area contributed by atoms with Crippen molar-refractivity contribution in [2.45, 2.75) is 0 Å². The molecule has 0 radical (unpaired) electrons. The summed E-state index contributed by atoms with van der Waals surface area (Å²) in [6.45, 7) is 0. The summed E-state index contributed by atoms with van der Waals surface area (Å²) >= 11 is 0. The average molecular weight is 317 g/mol. The summed E-state index contributed by atoms with van der Waals surface area (Å²) in [4.78, 5) is 16.4. The lowest BCUT2D eigenvalue weighted by Crippen LogP contribution is -2.05. The van der Waals surface area contributed by atoms with E-state index in [1.807, 2.05) is 42.5 Å². The molecule has 116 valence electrons. The van der Waals surface area contributed by atoms with E-state index in [1.165, 1.54) is 18.2 Å². The lowest BCUT2D eigenvalue weighted by atomic mass is 10.0. The summed E-state index contributed by atoms with van der Waals surface area (Å²) in [6.07, 6.45) is 1.52. The van der Waals surface area contributed by atoms with Gasteiger partial charge in [0.05, 0.1) is 0 Å². The van der Waals surface area contributed by atoms with E-state index < -0.39 is 5.97 Å². The second kappa shape index (κ2) is 5.74. The van der Waals surface area contributed by atoms with Gasteiger partial charge in [0.25, 0.3) is 0 Å². The smallest absolute Gasteiger partial charge is 0.363 e. The topological polar surface area (TPSA) is 38.7 Å². The predicted molar refractivity (Wildman–Crippen MR) is 91.0 cm³/mol. The summed E-state index contributed by atoms with van der Waals surface area (Å²) < 4.78 is 18.6. The molecule has 0 fully saturated rings. The fraction of sp³-hybridized carbons (Fsp3) is 0. The van der Waals surface area contributed by atoms with E-state index in [0.29, 0.717) is 5.56 Å². The van der Waals surface area contributed by atoms with Crippen molar-refractivity contribution in [3.05, 3.63) is 89.4 Å². The minimum atomic E-state index is -0.540. The van der Waals surface area contributed by atoms with Crippen molar-refractivity contribution in [3.8, 4) is 0 Å². The van der Waals surface area contributed by atoms with E-state index >= 15 is 0 Å². The summed E-state index contributed by atoms with van der Waals surface area (Å²) in [6, 6.07) is 19.5. The van der Waals surface area contributed by atoms with Crippen molar-refractivity contribution in [1.82, 2.24) is 0 Å². The zero-order valence-electron chi connectivity index (χ0n) is 12.6. The SMILES string of the molecule is O=C1OC(c2cccc3ccccc23)=N/C1=C/c1cccc(F)c1. The number of benzene rings is 3. The summed E-state index contributed by atoms with van der Waals surface area (Å²) in [7, 11) is 0. The van der Waals surface area contributed by atoms with Crippen LogP contribution in [0.15, 0.2) is 77.4 Å². The lowest BCUT2D eigenvalue weighted by molar-refractivity contribution is -0.129. The Morgan fingerprint density at radius 2 is 1.75 bits per heavy atom. The highest BCUT2D eigenvalue weighted by Crippen LogP contribution is 2.24. The van der Waals surface area contributed by atoms with Gasteiger partial charge < -0.3 is 4.74 Å². The molecule has 24 heavy (non-hydrogen) atoms. The van der Waals surface area contributed by atoms with Crippen LogP contribution in [-0.4, -0.2) is 11.9 Å². The van der Waals surface area contributed by atoms with E-state index in [1.54, 1.807) is 12.1 Å². The second-order valence-electron chi connectivity index (χ2n) is 5.42. The van der Waals surface area contributed by atoms with Gasteiger partial charge >= 0.3 is 5.97 Å².